The molecule has 0 bridgehead atoms. The highest BCUT2D eigenvalue weighted by Gasteiger charge is 2.09. The van der Waals surface area contributed by atoms with E-state index in [1.807, 2.05) is 11.7 Å². The molecule has 4 heteroatoms. The first-order valence-corrected chi connectivity index (χ1v) is 3.85. The molecule has 0 atom stereocenters. The summed E-state index contributed by atoms with van der Waals surface area (Å²) in [6, 6.07) is 2.08. The van der Waals surface area contributed by atoms with Gasteiger partial charge in [-0.15, -0.1) is 0 Å². The van der Waals surface area contributed by atoms with E-state index in [0.29, 0.717) is 0 Å². The van der Waals surface area contributed by atoms with Gasteiger partial charge in [-0.3, -0.25) is 4.68 Å². The Balaban J connectivity index is 2.32. The molecule has 0 aromatic carbocycles. The Morgan fingerprint density at radius 3 is 3.36 bits per heavy atom. The smallest absolute Gasteiger partial charge is 0.148 e. The molecule has 2 heterocycles. The van der Waals surface area contributed by atoms with E-state index in [1.165, 1.54) is 5.69 Å². The molecule has 60 valence electrons. The van der Waals surface area contributed by atoms with Gasteiger partial charge in [0.1, 0.15) is 5.82 Å². The van der Waals surface area contributed by atoms with E-state index in [9.17, 15) is 0 Å². The van der Waals surface area contributed by atoms with Gasteiger partial charge in [0.25, 0.3) is 0 Å². The van der Waals surface area contributed by atoms with Gasteiger partial charge < -0.3 is 10.6 Å². The van der Waals surface area contributed by atoms with Crippen molar-refractivity contribution in [2.75, 3.05) is 18.9 Å². The lowest BCUT2D eigenvalue weighted by Crippen LogP contribution is -2.28. The maximum absolute atomic E-state index is 4.33. The molecule has 11 heavy (non-hydrogen) atoms. The SMILES string of the molecule is CNc1cc2n(n1)CCNC2. The van der Waals surface area contributed by atoms with Crippen molar-refractivity contribution in [2.45, 2.75) is 13.1 Å². The highest BCUT2D eigenvalue weighted by molar-refractivity contribution is 5.35. The predicted octanol–water partition coefficient (Wildman–Crippen LogP) is 0.0280. The van der Waals surface area contributed by atoms with Crippen LogP contribution in [0, 0.1) is 0 Å². The molecular weight excluding hydrogens is 140 g/mol. The van der Waals surface area contributed by atoms with Crippen LogP contribution in [0.1, 0.15) is 5.69 Å². The number of fused-ring (bicyclic) bond motifs is 1. The number of hydrogen-bond donors (Lipinski definition) is 2. The van der Waals surface area contributed by atoms with Crippen LogP contribution in [-0.2, 0) is 13.1 Å². The van der Waals surface area contributed by atoms with Crippen LogP contribution in [0.15, 0.2) is 6.07 Å². The molecule has 0 aliphatic carbocycles. The van der Waals surface area contributed by atoms with E-state index in [1.54, 1.807) is 0 Å². The van der Waals surface area contributed by atoms with Crippen LogP contribution >= 0.6 is 0 Å². The Labute approximate surface area is 65.6 Å². The topological polar surface area (TPSA) is 41.9 Å². The van der Waals surface area contributed by atoms with E-state index >= 15 is 0 Å². The van der Waals surface area contributed by atoms with Crippen LogP contribution in [0.2, 0.25) is 0 Å². The highest BCUT2D eigenvalue weighted by Crippen LogP contribution is 2.10. The molecule has 2 N–H and O–H groups in total. The van der Waals surface area contributed by atoms with Gasteiger partial charge in [0.15, 0.2) is 0 Å². The summed E-state index contributed by atoms with van der Waals surface area (Å²) in [5, 5.41) is 10.6. The van der Waals surface area contributed by atoms with Gasteiger partial charge in [-0.2, -0.15) is 5.10 Å². The first-order valence-electron chi connectivity index (χ1n) is 3.85. The van der Waals surface area contributed by atoms with Crippen LogP contribution < -0.4 is 10.6 Å². The van der Waals surface area contributed by atoms with E-state index < -0.39 is 0 Å². The second kappa shape index (κ2) is 2.54. The van der Waals surface area contributed by atoms with Crippen molar-refractivity contribution in [2.24, 2.45) is 0 Å². The molecule has 0 fully saturated rings. The van der Waals surface area contributed by atoms with Gasteiger partial charge >= 0.3 is 0 Å². The Morgan fingerprint density at radius 2 is 2.64 bits per heavy atom. The van der Waals surface area contributed by atoms with Crippen molar-refractivity contribution >= 4 is 5.82 Å². The highest BCUT2D eigenvalue weighted by atomic mass is 15.3. The van der Waals surface area contributed by atoms with Gasteiger partial charge in [-0.25, -0.2) is 0 Å². The van der Waals surface area contributed by atoms with Crippen LogP contribution in [0.5, 0.6) is 0 Å². The minimum atomic E-state index is 0.939. The zero-order chi connectivity index (χ0) is 7.68. The molecule has 2 rings (SSSR count). The first kappa shape index (κ1) is 6.67. The van der Waals surface area contributed by atoms with Gasteiger partial charge in [0.05, 0.1) is 12.2 Å². The molecule has 0 saturated heterocycles. The summed E-state index contributed by atoms with van der Waals surface area (Å²) in [6.45, 7) is 2.95. The lowest BCUT2D eigenvalue weighted by atomic mass is 10.3. The second-order valence-corrected chi connectivity index (χ2v) is 2.67. The summed E-state index contributed by atoms with van der Waals surface area (Å²) >= 11 is 0. The normalized spacial score (nSPS) is 16.1. The molecule has 4 nitrogen and oxygen atoms in total. The third-order valence-corrected chi connectivity index (χ3v) is 1.93. The van der Waals surface area contributed by atoms with Crippen molar-refractivity contribution < 1.29 is 0 Å². The summed E-state index contributed by atoms with van der Waals surface area (Å²) in [6.07, 6.45) is 0. The average molecular weight is 152 g/mol. The van der Waals surface area contributed by atoms with E-state index in [2.05, 4.69) is 21.8 Å². The third-order valence-electron chi connectivity index (χ3n) is 1.93. The molecule has 0 spiro atoms. The number of nitrogens with one attached hydrogen (secondary N) is 2. The molecule has 1 aromatic rings. The lowest BCUT2D eigenvalue weighted by molar-refractivity contribution is 0.476. The third kappa shape index (κ3) is 1.09. The zero-order valence-corrected chi connectivity index (χ0v) is 6.59. The van der Waals surface area contributed by atoms with Crippen molar-refractivity contribution in [1.82, 2.24) is 15.1 Å². The van der Waals surface area contributed by atoms with Crippen molar-refractivity contribution in [3.05, 3.63) is 11.8 Å². The minimum absolute atomic E-state index is 0.939. The monoisotopic (exact) mass is 152 g/mol. The molecule has 1 aromatic heterocycles. The van der Waals surface area contributed by atoms with Gasteiger partial charge in [-0.05, 0) is 0 Å². The summed E-state index contributed by atoms with van der Waals surface area (Å²) < 4.78 is 2.04. The maximum Gasteiger partial charge on any atom is 0.148 e. The molecular formula is C7H12N4. The molecule has 1 aliphatic heterocycles. The van der Waals surface area contributed by atoms with Crippen LogP contribution in [-0.4, -0.2) is 23.4 Å². The Morgan fingerprint density at radius 1 is 1.73 bits per heavy atom. The van der Waals surface area contributed by atoms with E-state index in [4.69, 9.17) is 0 Å². The maximum atomic E-state index is 4.33. The Bertz CT molecular complexity index is 229. The Kier molecular flexibility index (Phi) is 1.54. The summed E-state index contributed by atoms with van der Waals surface area (Å²) in [5.74, 6) is 0.962. The van der Waals surface area contributed by atoms with Crippen molar-refractivity contribution in [3.8, 4) is 0 Å². The molecule has 0 radical (unpaired) electrons. The molecule has 1 aliphatic rings. The average Bonchev–Trinajstić information content (AvgIpc) is 2.46. The number of aromatic nitrogens is 2. The first-order chi connectivity index (χ1) is 5.40. The summed E-state index contributed by atoms with van der Waals surface area (Å²) in [4.78, 5) is 0. The lowest BCUT2D eigenvalue weighted by Gasteiger charge is -2.13. The molecule has 0 saturated carbocycles. The van der Waals surface area contributed by atoms with Crippen LogP contribution in [0.4, 0.5) is 5.82 Å². The van der Waals surface area contributed by atoms with Crippen LogP contribution in [0.3, 0.4) is 0 Å². The van der Waals surface area contributed by atoms with Crippen molar-refractivity contribution in [3.63, 3.8) is 0 Å². The quantitative estimate of drug-likeness (QED) is 0.596. The molecule has 0 unspecified atom stereocenters. The van der Waals surface area contributed by atoms with Crippen LogP contribution in [0.25, 0.3) is 0 Å². The molecule has 0 amide bonds. The number of anilines is 1. The van der Waals surface area contributed by atoms with Gasteiger partial charge in [0, 0.05) is 26.2 Å². The minimum Gasteiger partial charge on any atom is -0.372 e. The second-order valence-electron chi connectivity index (χ2n) is 2.67. The van der Waals surface area contributed by atoms with Crippen molar-refractivity contribution in [1.29, 1.82) is 0 Å². The zero-order valence-electron chi connectivity index (χ0n) is 6.59. The fourth-order valence-electron chi connectivity index (χ4n) is 1.31. The number of hydrogen-bond acceptors (Lipinski definition) is 3. The van der Waals surface area contributed by atoms with Gasteiger partial charge in [0.2, 0.25) is 0 Å². The van der Waals surface area contributed by atoms with E-state index in [-0.39, 0.29) is 0 Å². The van der Waals surface area contributed by atoms with E-state index in [0.717, 1.165) is 25.5 Å². The summed E-state index contributed by atoms with van der Waals surface area (Å²) in [5.41, 5.74) is 1.26. The largest absolute Gasteiger partial charge is 0.372 e. The fourth-order valence-corrected chi connectivity index (χ4v) is 1.31. The predicted molar refractivity (Wildman–Crippen MR) is 43.5 cm³/mol. The standard InChI is InChI=1S/C7H12N4/c1-8-7-4-6-5-9-2-3-11(6)10-7/h4,9H,2-3,5H2,1H3,(H,8,10). The number of nitrogens with zero attached hydrogens (tertiary/aromatic N) is 2. The fraction of sp³-hybridized carbons (Fsp3) is 0.571. The van der Waals surface area contributed by atoms with Gasteiger partial charge in [-0.1, -0.05) is 0 Å². The Hall–Kier alpha value is -1.03. The summed E-state index contributed by atoms with van der Waals surface area (Å²) in [7, 11) is 1.89. The number of rotatable bonds is 1.